The number of benzene rings is 1. The largest absolute Gasteiger partial charge is 0.462 e. The molecule has 10 nitrogen and oxygen atoms in total. The highest BCUT2D eigenvalue weighted by molar-refractivity contribution is 8.00. The van der Waals surface area contributed by atoms with Crippen LogP contribution < -0.4 is 10.6 Å². The average molecular weight is 608 g/mol. The maximum Gasteiger partial charge on any atom is 0.341 e. The summed E-state index contributed by atoms with van der Waals surface area (Å²) in [6.07, 6.45) is 6.33. The van der Waals surface area contributed by atoms with Crippen LogP contribution in [0.1, 0.15) is 75.9 Å². The van der Waals surface area contributed by atoms with Crippen molar-refractivity contribution in [1.29, 1.82) is 0 Å². The molecule has 12 heteroatoms. The predicted molar refractivity (Wildman–Crippen MR) is 161 cm³/mol. The summed E-state index contributed by atoms with van der Waals surface area (Å²) in [4.78, 5) is 40.1. The number of thiophene rings is 1. The molecular weight excluding hydrogens is 574 g/mol. The van der Waals surface area contributed by atoms with Gasteiger partial charge in [0.1, 0.15) is 5.00 Å². The summed E-state index contributed by atoms with van der Waals surface area (Å²) < 4.78 is 12.4. The van der Waals surface area contributed by atoms with E-state index in [1.54, 1.807) is 26.0 Å². The Morgan fingerprint density at radius 2 is 1.98 bits per heavy atom. The summed E-state index contributed by atoms with van der Waals surface area (Å²) >= 11 is 2.72. The second-order valence-electron chi connectivity index (χ2n) is 9.97. The van der Waals surface area contributed by atoms with E-state index in [2.05, 4.69) is 20.8 Å². The van der Waals surface area contributed by atoms with Crippen LogP contribution in [0.2, 0.25) is 0 Å². The number of rotatable bonds is 10. The Kier molecular flexibility index (Phi) is 9.43. The number of hydrogen-bond donors (Lipinski definition) is 2. The SMILES string of the molecule is CCOC(=O)c1c(NC(=O)[C@H](C)Sc2nnc(CNC(=O)c3ccco3)n2-c2cccc(C)c2)sc2c1CCCCC2. The number of esters is 1. The van der Waals surface area contributed by atoms with E-state index in [0.717, 1.165) is 53.8 Å². The Morgan fingerprint density at radius 1 is 1.14 bits per heavy atom. The molecule has 0 radical (unpaired) electrons. The Morgan fingerprint density at radius 3 is 2.74 bits per heavy atom. The lowest BCUT2D eigenvalue weighted by Gasteiger charge is -2.15. The van der Waals surface area contributed by atoms with Crippen LogP contribution in [0.4, 0.5) is 5.00 Å². The molecule has 0 fully saturated rings. The van der Waals surface area contributed by atoms with Crippen LogP contribution in [0.25, 0.3) is 5.69 Å². The number of fused-ring (bicyclic) bond motifs is 1. The van der Waals surface area contributed by atoms with E-state index in [1.807, 2.05) is 35.8 Å². The monoisotopic (exact) mass is 607 g/mol. The van der Waals surface area contributed by atoms with Crippen molar-refractivity contribution in [1.82, 2.24) is 20.1 Å². The van der Waals surface area contributed by atoms with Gasteiger partial charge in [-0.2, -0.15) is 0 Å². The number of hydrogen-bond acceptors (Lipinski definition) is 9. The first kappa shape index (κ1) is 29.6. The molecule has 0 aliphatic heterocycles. The first-order valence-corrected chi connectivity index (χ1v) is 15.7. The molecule has 2 N–H and O–H groups in total. The number of furan rings is 1. The summed E-state index contributed by atoms with van der Waals surface area (Å²) in [5.74, 6) is -0.319. The van der Waals surface area contributed by atoms with Gasteiger partial charge in [0.15, 0.2) is 16.7 Å². The van der Waals surface area contributed by atoms with Gasteiger partial charge in [-0.3, -0.25) is 14.2 Å². The number of aromatic nitrogens is 3. The van der Waals surface area contributed by atoms with Crippen molar-refractivity contribution >= 4 is 45.9 Å². The second-order valence-corrected chi connectivity index (χ2v) is 12.4. The maximum absolute atomic E-state index is 13.5. The second kappa shape index (κ2) is 13.4. The van der Waals surface area contributed by atoms with E-state index in [9.17, 15) is 14.4 Å². The minimum atomic E-state index is -0.569. The van der Waals surface area contributed by atoms with E-state index in [-0.39, 0.29) is 30.7 Å². The molecule has 220 valence electrons. The van der Waals surface area contributed by atoms with Crippen LogP contribution in [0.3, 0.4) is 0 Å². The fourth-order valence-corrected chi connectivity index (χ4v) is 7.01. The van der Waals surface area contributed by atoms with Gasteiger partial charge in [0, 0.05) is 10.6 Å². The van der Waals surface area contributed by atoms with Gasteiger partial charge in [-0.05, 0) is 81.8 Å². The highest BCUT2D eigenvalue weighted by Gasteiger charge is 2.29. The van der Waals surface area contributed by atoms with Crippen molar-refractivity contribution in [2.75, 3.05) is 11.9 Å². The average Bonchev–Trinajstić information content (AvgIpc) is 3.68. The van der Waals surface area contributed by atoms with Crippen LogP contribution >= 0.6 is 23.1 Å². The lowest BCUT2D eigenvalue weighted by atomic mass is 10.1. The molecule has 0 unspecified atom stereocenters. The lowest BCUT2D eigenvalue weighted by Crippen LogP contribution is -2.25. The van der Waals surface area contributed by atoms with Crippen molar-refractivity contribution in [3.63, 3.8) is 0 Å². The van der Waals surface area contributed by atoms with Crippen LogP contribution in [-0.4, -0.2) is 44.4 Å². The lowest BCUT2D eigenvalue weighted by molar-refractivity contribution is -0.115. The first-order valence-electron chi connectivity index (χ1n) is 14.0. The molecule has 3 heterocycles. The third-order valence-electron chi connectivity index (χ3n) is 6.90. The first-order chi connectivity index (χ1) is 20.4. The zero-order valence-corrected chi connectivity index (χ0v) is 25.4. The zero-order valence-electron chi connectivity index (χ0n) is 23.8. The topological polar surface area (TPSA) is 128 Å². The predicted octanol–water partition coefficient (Wildman–Crippen LogP) is 5.73. The van der Waals surface area contributed by atoms with Crippen LogP contribution in [0.5, 0.6) is 0 Å². The number of nitrogens with one attached hydrogen (secondary N) is 2. The van der Waals surface area contributed by atoms with Crippen molar-refractivity contribution < 1.29 is 23.5 Å². The molecule has 4 aromatic rings. The van der Waals surface area contributed by atoms with Gasteiger partial charge in [0.05, 0.1) is 30.2 Å². The van der Waals surface area contributed by atoms with Crippen molar-refractivity contribution in [2.45, 2.75) is 69.8 Å². The highest BCUT2D eigenvalue weighted by Crippen LogP contribution is 2.38. The summed E-state index contributed by atoms with van der Waals surface area (Å²) in [6, 6.07) is 11.1. The zero-order chi connectivity index (χ0) is 29.6. The number of amides is 2. The van der Waals surface area contributed by atoms with Crippen molar-refractivity contribution in [3.05, 3.63) is 75.8 Å². The fraction of sp³-hybridized carbons (Fsp3) is 0.367. The number of ether oxygens (including phenoxy) is 1. The minimum absolute atomic E-state index is 0.102. The summed E-state index contributed by atoms with van der Waals surface area (Å²) in [5, 5.41) is 15.0. The van der Waals surface area contributed by atoms with Gasteiger partial charge in [0.25, 0.3) is 5.91 Å². The molecule has 0 bridgehead atoms. The number of anilines is 1. The van der Waals surface area contributed by atoms with E-state index >= 15 is 0 Å². The molecule has 5 rings (SSSR count). The smallest absolute Gasteiger partial charge is 0.341 e. The third-order valence-corrected chi connectivity index (χ3v) is 9.15. The minimum Gasteiger partial charge on any atom is -0.462 e. The van der Waals surface area contributed by atoms with E-state index in [4.69, 9.17) is 9.15 Å². The Bertz CT molecular complexity index is 1580. The molecule has 0 spiro atoms. The summed E-state index contributed by atoms with van der Waals surface area (Å²) in [7, 11) is 0. The van der Waals surface area contributed by atoms with Gasteiger partial charge in [-0.15, -0.1) is 21.5 Å². The number of carbonyl (C=O) groups is 3. The van der Waals surface area contributed by atoms with Crippen LogP contribution in [0, 0.1) is 6.92 Å². The number of carbonyl (C=O) groups excluding carboxylic acids is 3. The molecular formula is C30H33N5O5S2. The molecule has 42 heavy (non-hydrogen) atoms. The third kappa shape index (κ3) is 6.60. The Hall–Kier alpha value is -3.90. The number of nitrogens with zero attached hydrogens (tertiary/aromatic N) is 3. The van der Waals surface area contributed by atoms with Gasteiger partial charge in [0.2, 0.25) is 5.91 Å². The van der Waals surface area contributed by atoms with Gasteiger partial charge in [-0.1, -0.05) is 30.3 Å². The van der Waals surface area contributed by atoms with Crippen LogP contribution in [0.15, 0.2) is 52.2 Å². The van der Waals surface area contributed by atoms with Crippen molar-refractivity contribution in [3.8, 4) is 5.69 Å². The van der Waals surface area contributed by atoms with Gasteiger partial charge >= 0.3 is 5.97 Å². The highest BCUT2D eigenvalue weighted by atomic mass is 32.2. The van der Waals surface area contributed by atoms with E-state index in [0.29, 0.717) is 21.5 Å². The molecule has 1 aromatic carbocycles. The van der Waals surface area contributed by atoms with Crippen molar-refractivity contribution in [2.24, 2.45) is 0 Å². The Labute approximate surface area is 252 Å². The molecule has 0 saturated heterocycles. The molecule has 1 atom stereocenters. The molecule has 2 amide bonds. The molecule has 3 aromatic heterocycles. The Balaban J connectivity index is 1.37. The molecule has 0 saturated carbocycles. The maximum atomic E-state index is 13.5. The van der Waals surface area contributed by atoms with Gasteiger partial charge in [-0.25, -0.2) is 4.79 Å². The number of aryl methyl sites for hydroxylation is 2. The quantitative estimate of drug-likeness (QED) is 0.133. The summed E-state index contributed by atoms with van der Waals surface area (Å²) in [6.45, 7) is 5.92. The summed E-state index contributed by atoms with van der Waals surface area (Å²) in [5.41, 5.74) is 3.34. The van der Waals surface area contributed by atoms with E-state index in [1.165, 1.54) is 29.4 Å². The van der Waals surface area contributed by atoms with E-state index < -0.39 is 11.2 Å². The molecule has 1 aliphatic rings. The van der Waals surface area contributed by atoms with Crippen LogP contribution in [-0.2, 0) is 28.9 Å². The number of thioether (sulfide) groups is 1. The molecule has 1 aliphatic carbocycles. The standard InChI is InChI=1S/C30H33N5O5S2/c1-4-39-29(38)25-21-12-6-5-7-14-23(21)42-28(25)32-26(36)19(3)41-30-34-33-24(17-31-27(37)22-13-9-15-40-22)35(30)20-11-8-10-18(2)16-20/h8-11,13,15-16,19H,4-7,12,14,17H2,1-3H3,(H,31,37)(H,32,36)/t19-/m0/s1. The normalized spacial score (nSPS) is 13.6. The van der Waals surface area contributed by atoms with Gasteiger partial charge < -0.3 is 19.8 Å². The fourth-order valence-electron chi connectivity index (χ4n) is 4.85.